The Hall–Kier alpha value is -3.25. The molecule has 0 atom stereocenters. The lowest BCUT2D eigenvalue weighted by Crippen LogP contribution is -2.23. The Morgan fingerprint density at radius 1 is 1.03 bits per heavy atom. The van der Waals surface area contributed by atoms with E-state index in [2.05, 4.69) is 18.8 Å². The molecule has 0 fully saturated rings. The third-order valence-corrected chi connectivity index (χ3v) is 5.61. The van der Waals surface area contributed by atoms with Gasteiger partial charge in [0.2, 0.25) is 0 Å². The Bertz CT molecular complexity index is 1500. The van der Waals surface area contributed by atoms with Crippen molar-refractivity contribution in [1.82, 2.24) is 24.1 Å². The van der Waals surface area contributed by atoms with Gasteiger partial charge < -0.3 is 0 Å². The molecule has 0 saturated carbocycles. The van der Waals surface area contributed by atoms with Crippen LogP contribution in [0.3, 0.4) is 0 Å². The summed E-state index contributed by atoms with van der Waals surface area (Å²) in [6.07, 6.45) is 1.61. The van der Waals surface area contributed by atoms with Crippen molar-refractivity contribution in [3.05, 3.63) is 69.7 Å². The van der Waals surface area contributed by atoms with E-state index in [-0.39, 0.29) is 5.56 Å². The standard InChI is InChI=1S/C23H20ClN5O/c1-13(2)11-28-12-25-21-19(23(28)30)20-22(27-18-7-5-4-6-17(18)26-20)29(21)15-9-8-14(3)16(24)10-15/h4-10,12-13H,11H2,1-3H3. The quantitative estimate of drug-likeness (QED) is 0.418. The molecule has 0 radical (unpaired) electrons. The maximum Gasteiger partial charge on any atom is 0.265 e. The summed E-state index contributed by atoms with van der Waals surface area (Å²) in [7, 11) is 0. The first kappa shape index (κ1) is 18.8. The van der Waals surface area contributed by atoms with Gasteiger partial charge in [0.15, 0.2) is 11.3 Å². The Kier molecular flexibility index (Phi) is 4.33. The molecular formula is C23H20ClN5O. The minimum atomic E-state index is -0.111. The smallest absolute Gasteiger partial charge is 0.265 e. The summed E-state index contributed by atoms with van der Waals surface area (Å²) in [4.78, 5) is 27.7. The van der Waals surface area contributed by atoms with Crippen molar-refractivity contribution in [1.29, 1.82) is 0 Å². The molecule has 5 aromatic rings. The van der Waals surface area contributed by atoms with Crippen LogP contribution in [0.15, 0.2) is 53.6 Å². The second-order valence-electron chi connectivity index (χ2n) is 7.95. The zero-order valence-corrected chi connectivity index (χ0v) is 17.7. The molecule has 0 N–H and O–H groups in total. The van der Waals surface area contributed by atoms with E-state index in [1.807, 2.05) is 54.0 Å². The summed E-state index contributed by atoms with van der Waals surface area (Å²) in [6.45, 7) is 6.68. The average molecular weight is 418 g/mol. The van der Waals surface area contributed by atoms with E-state index in [0.717, 1.165) is 22.3 Å². The van der Waals surface area contributed by atoms with Crippen molar-refractivity contribution < 1.29 is 0 Å². The largest absolute Gasteiger partial charge is 0.298 e. The first-order chi connectivity index (χ1) is 14.4. The van der Waals surface area contributed by atoms with Crippen LogP contribution in [0, 0.1) is 12.8 Å². The molecule has 150 valence electrons. The lowest BCUT2D eigenvalue weighted by Gasteiger charge is -2.10. The molecule has 0 unspecified atom stereocenters. The monoisotopic (exact) mass is 417 g/mol. The van der Waals surface area contributed by atoms with Crippen LogP contribution in [0.1, 0.15) is 19.4 Å². The van der Waals surface area contributed by atoms with Gasteiger partial charge in [0, 0.05) is 11.6 Å². The van der Waals surface area contributed by atoms with E-state index in [1.54, 1.807) is 10.9 Å². The number of rotatable bonds is 3. The number of benzene rings is 2. The van der Waals surface area contributed by atoms with Gasteiger partial charge in [0.05, 0.1) is 23.0 Å². The van der Waals surface area contributed by atoms with E-state index in [4.69, 9.17) is 21.6 Å². The highest BCUT2D eigenvalue weighted by molar-refractivity contribution is 6.31. The van der Waals surface area contributed by atoms with Gasteiger partial charge in [-0.15, -0.1) is 0 Å². The van der Waals surface area contributed by atoms with Gasteiger partial charge in [0.25, 0.3) is 5.56 Å². The summed E-state index contributed by atoms with van der Waals surface area (Å²) in [6, 6.07) is 13.4. The molecular weight excluding hydrogens is 398 g/mol. The lowest BCUT2D eigenvalue weighted by molar-refractivity contribution is 0.508. The van der Waals surface area contributed by atoms with Crippen molar-refractivity contribution in [2.24, 2.45) is 5.92 Å². The maximum absolute atomic E-state index is 13.4. The van der Waals surface area contributed by atoms with Crippen molar-refractivity contribution in [3.8, 4) is 5.69 Å². The third-order valence-electron chi connectivity index (χ3n) is 5.21. The number of para-hydroxylation sites is 2. The molecule has 0 aliphatic carbocycles. The first-order valence-electron chi connectivity index (χ1n) is 9.87. The number of nitrogens with zero attached hydrogens (tertiary/aromatic N) is 5. The molecule has 0 amide bonds. The highest BCUT2D eigenvalue weighted by Gasteiger charge is 2.21. The first-order valence-corrected chi connectivity index (χ1v) is 10.2. The van der Waals surface area contributed by atoms with Crippen LogP contribution >= 0.6 is 11.6 Å². The lowest BCUT2D eigenvalue weighted by atomic mass is 10.2. The summed E-state index contributed by atoms with van der Waals surface area (Å²) in [5.41, 5.74) is 4.84. The van der Waals surface area contributed by atoms with Crippen molar-refractivity contribution in [3.63, 3.8) is 0 Å². The third kappa shape index (κ3) is 2.87. The summed E-state index contributed by atoms with van der Waals surface area (Å²) < 4.78 is 3.52. The Morgan fingerprint density at radius 3 is 2.47 bits per heavy atom. The van der Waals surface area contributed by atoms with E-state index in [1.165, 1.54) is 0 Å². The zero-order chi connectivity index (χ0) is 21.0. The molecule has 3 aromatic heterocycles. The normalized spacial score (nSPS) is 11.9. The van der Waals surface area contributed by atoms with Gasteiger partial charge in [-0.25, -0.2) is 15.0 Å². The van der Waals surface area contributed by atoms with E-state index >= 15 is 0 Å². The van der Waals surface area contributed by atoms with Gasteiger partial charge in [-0.3, -0.25) is 13.9 Å². The number of hydrogen-bond acceptors (Lipinski definition) is 4. The fourth-order valence-corrected chi connectivity index (χ4v) is 3.94. The SMILES string of the molecule is Cc1ccc(-n2c3nc4ccccc4nc3c3c(=O)n(CC(C)C)cnc32)cc1Cl. The molecule has 5 rings (SSSR count). The minimum Gasteiger partial charge on any atom is -0.298 e. The predicted molar refractivity (Wildman–Crippen MR) is 121 cm³/mol. The van der Waals surface area contributed by atoms with E-state index < -0.39 is 0 Å². The molecule has 0 spiro atoms. The fourth-order valence-electron chi connectivity index (χ4n) is 3.76. The van der Waals surface area contributed by atoms with Crippen molar-refractivity contribution in [2.45, 2.75) is 27.3 Å². The molecule has 30 heavy (non-hydrogen) atoms. The number of fused-ring (bicyclic) bond motifs is 4. The number of aryl methyl sites for hydroxylation is 1. The van der Waals surface area contributed by atoms with Crippen LogP contribution < -0.4 is 5.56 Å². The predicted octanol–water partition coefficient (Wildman–Crippen LogP) is 4.90. The fraction of sp³-hybridized carbons (Fsp3) is 0.217. The molecule has 0 bridgehead atoms. The number of hydrogen-bond donors (Lipinski definition) is 0. The molecule has 7 heteroatoms. The highest BCUT2D eigenvalue weighted by Crippen LogP contribution is 2.30. The highest BCUT2D eigenvalue weighted by atomic mass is 35.5. The summed E-state index contributed by atoms with van der Waals surface area (Å²) >= 11 is 6.41. The van der Waals surface area contributed by atoms with E-state index in [0.29, 0.717) is 39.7 Å². The molecule has 0 aliphatic heterocycles. The van der Waals surface area contributed by atoms with Gasteiger partial charge >= 0.3 is 0 Å². The molecule has 0 aliphatic rings. The van der Waals surface area contributed by atoms with E-state index in [9.17, 15) is 4.79 Å². The Labute approximate surface area is 177 Å². The van der Waals surface area contributed by atoms with Crippen LogP contribution in [0.2, 0.25) is 5.02 Å². The Morgan fingerprint density at radius 2 is 1.77 bits per heavy atom. The van der Waals surface area contributed by atoms with Gasteiger partial charge in [-0.05, 0) is 42.7 Å². The van der Waals surface area contributed by atoms with Crippen molar-refractivity contribution >= 4 is 44.8 Å². The molecule has 0 saturated heterocycles. The van der Waals surface area contributed by atoms with Crippen molar-refractivity contribution in [2.75, 3.05) is 0 Å². The van der Waals surface area contributed by atoms with Crippen LogP contribution in [0.5, 0.6) is 0 Å². The average Bonchev–Trinajstić information content (AvgIpc) is 3.04. The maximum atomic E-state index is 13.4. The number of halogens is 1. The van der Waals surface area contributed by atoms with Gasteiger partial charge in [0.1, 0.15) is 10.9 Å². The molecule has 3 heterocycles. The van der Waals surface area contributed by atoms with Crippen LogP contribution in [0.25, 0.3) is 38.9 Å². The summed E-state index contributed by atoms with van der Waals surface area (Å²) in [5.74, 6) is 0.318. The van der Waals surface area contributed by atoms with Gasteiger partial charge in [-0.1, -0.05) is 43.6 Å². The minimum absolute atomic E-state index is 0.111. The number of aromatic nitrogens is 5. The van der Waals surface area contributed by atoms with Crippen LogP contribution in [-0.2, 0) is 6.54 Å². The Balaban J connectivity index is 1.96. The topological polar surface area (TPSA) is 65.6 Å². The summed E-state index contributed by atoms with van der Waals surface area (Å²) in [5, 5.41) is 1.12. The second kappa shape index (κ2) is 6.92. The zero-order valence-electron chi connectivity index (χ0n) is 16.9. The molecule has 6 nitrogen and oxygen atoms in total. The van der Waals surface area contributed by atoms with Gasteiger partial charge in [-0.2, -0.15) is 0 Å². The molecule has 2 aromatic carbocycles. The van der Waals surface area contributed by atoms with Crippen LogP contribution in [0.4, 0.5) is 0 Å². The van der Waals surface area contributed by atoms with Crippen LogP contribution in [-0.4, -0.2) is 24.1 Å². The second-order valence-corrected chi connectivity index (χ2v) is 8.36.